The number of hydrogen-bond donors (Lipinski definition) is 4. The summed E-state index contributed by atoms with van der Waals surface area (Å²) in [5.41, 5.74) is 12.8. The predicted molar refractivity (Wildman–Crippen MR) is 142 cm³/mol. The number of halogens is 1. The van der Waals surface area contributed by atoms with Crippen molar-refractivity contribution >= 4 is 52.1 Å². The van der Waals surface area contributed by atoms with Crippen LogP contribution in [0, 0.1) is 5.92 Å². The van der Waals surface area contributed by atoms with Gasteiger partial charge >= 0.3 is 18.1 Å². The van der Waals surface area contributed by atoms with Gasteiger partial charge in [-0.1, -0.05) is 0 Å². The van der Waals surface area contributed by atoms with E-state index in [9.17, 15) is 17.9 Å². The third kappa shape index (κ3) is 5.10. The van der Waals surface area contributed by atoms with Crippen molar-refractivity contribution in [3.8, 4) is 0 Å². The number of phosphoric ester groups is 1. The van der Waals surface area contributed by atoms with E-state index >= 15 is 4.39 Å². The van der Waals surface area contributed by atoms with Crippen molar-refractivity contribution in [3.05, 3.63) is 25.3 Å². The molecular formula is C21H25FN11O8PS. The fraction of sp³-hybridized carbons (Fsp3) is 0.524. The van der Waals surface area contributed by atoms with E-state index in [1.165, 1.54) is 23.5 Å². The van der Waals surface area contributed by atoms with Crippen molar-refractivity contribution in [2.75, 3.05) is 24.6 Å². The lowest BCUT2D eigenvalue weighted by molar-refractivity contribution is -0.0218. The van der Waals surface area contributed by atoms with Gasteiger partial charge in [-0.05, 0) is 12.8 Å². The SMILES string of the molecule is Nc1ncnc2c1ncn2[C@@H]1C[C@@H]2COP(=O)(O)O[C@H]3[C@@H](F)[C@H](n4cnc5c(N)ncnc54)O[C@@H]3CNS(=O)(=O)O[C@H]2C1. The van der Waals surface area contributed by atoms with E-state index in [-0.39, 0.29) is 41.7 Å². The van der Waals surface area contributed by atoms with Crippen LogP contribution in [0.5, 0.6) is 0 Å². The number of aromatic nitrogens is 8. The van der Waals surface area contributed by atoms with Crippen molar-refractivity contribution in [3.63, 3.8) is 0 Å². The number of imidazole rings is 2. The van der Waals surface area contributed by atoms with Crippen molar-refractivity contribution in [1.82, 2.24) is 43.8 Å². The number of nitrogen functional groups attached to an aromatic ring is 2. The number of nitrogens with two attached hydrogens (primary N) is 2. The number of anilines is 2. The summed E-state index contributed by atoms with van der Waals surface area (Å²) >= 11 is 0. The highest BCUT2D eigenvalue weighted by Crippen LogP contribution is 2.51. The summed E-state index contributed by atoms with van der Waals surface area (Å²) in [6.07, 6.45) is -2.05. The first-order valence-corrected chi connectivity index (χ1v) is 15.9. The number of nitrogens with one attached hydrogen (secondary N) is 1. The molecule has 43 heavy (non-hydrogen) atoms. The minimum atomic E-state index is -4.89. The van der Waals surface area contributed by atoms with Crippen molar-refractivity contribution in [2.24, 2.45) is 5.92 Å². The predicted octanol–water partition coefficient (Wildman–Crippen LogP) is -0.247. The first-order chi connectivity index (χ1) is 20.5. The Morgan fingerprint density at radius 3 is 2.33 bits per heavy atom. The summed E-state index contributed by atoms with van der Waals surface area (Å²) in [6.45, 7) is -0.994. The summed E-state index contributed by atoms with van der Waals surface area (Å²) in [5.74, 6) is -0.462. The lowest BCUT2D eigenvalue weighted by Gasteiger charge is -2.26. The summed E-state index contributed by atoms with van der Waals surface area (Å²) in [4.78, 5) is 35.0. The van der Waals surface area contributed by atoms with E-state index in [0.29, 0.717) is 11.2 Å². The van der Waals surface area contributed by atoms with E-state index < -0.39 is 67.9 Å². The number of ether oxygens (including phenoxy) is 1. The summed E-state index contributed by atoms with van der Waals surface area (Å²) in [5, 5.41) is 0. The Hall–Kier alpha value is -3.43. The molecule has 0 bridgehead atoms. The zero-order valence-electron chi connectivity index (χ0n) is 22.0. The minimum absolute atomic E-state index is 0.0458. The normalized spacial score (nSPS) is 34.9. The molecule has 0 amide bonds. The van der Waals surface area contributed by atoms with Crippen LogP contribution >= 0.6 is 7.82 Å². The smallest absolute Gasteiger partial charge is 0.382 e. The molecule has 0 radical (unpaired) electrons. The Labute approximate surface area is 241 Å². The van der Waals surface area contributed by atoms with Gasteiger partial charge in [0.25, 0.3) is 0 Å². The molecule has 4 aromatic rings. The molecule has 6 heterocycles. The lowest BCUT2D eigenvalue weighted by Crippen LogP contribution is -2.42. The van der Waals surface area contributed by atoms with Gasteiger partial charge in [0.2, 0.25) is 0 Å². The van der Waals surface area contributed by atoms with Gasteiger partial charge in [-0.2, -0.15) is 13.1 Å². The van der Waals surface area contributed by atoms with E-state index in [2.05, 4.69) is 34.6 Å². The third-order valence-corrected chi connectivity index (χ3v) is 9.74. The number of alkyl halides is 1. The van der Waals surface area contributed by atoms with Crippen LogP contribution in [-0.2, 0) is 32.8 Å². The fourth-order valence-electron chi connectivity index (χ4n) is 5.74. The first kappa shape index (κ1) is 28.3. The summed E-state index contributed by atoms with van der Waals surface area (Å²) in [6, 6.07) is -0.376. The van der Waals surface area contributed by atoms with Crippen LogP contribution in [0.1, 0.15) is 25.1 Å². The van der Waals surface area contributed by atoms with Gasteiger partial charge in [-0.15, -0.1) is 0 Å². The maximum Gasteiger partial charge on any atom is 0.472 e. The van der Waals surface area contributed by atoms with Crippen molar-refractivity contribution in [2.45, 2.75) is 49.6 Å². The van der Waals surface area contributed by atoms with Crippen LogP contribution < -0.4 is 16.2 Å². The molecule has 6 N–H and O–H groups in total. The first-order valence-electron chi connectivity index (χ1n) is 13.0. The molecule has 3 aliphatic rings. The van der Waals surface area contributed by atoms with Crippen molar-refractivity contribution < 1.29 is 40.2 Å². The molecule has 4 aromatic heterocycles. The molecule has 7 rings (SSSR count). The number of fused-ring (bicyclic) bond motifs is 4. The maximum absolute atomic E-state index is 15.9. The van der Waals surface area contributed by atoms with Crippen LogP contribution in [-0.4, -0.2) is 90.0 Å². The van der Waals surface area contributed by atoms with Gasteiger partial charge in [0.15, 0.2) is 35.3 Å². The zero-order chi connectivity index (χ0) is 30.1. The van der Waals surface area contributed by atoms with Gasteiger partial charge in [0.1, 0.15) is 35.9 Å². The highest BCUT2D eigenvalue weighted by molar-refractivity contribution is 7.84. The summed E-state index contributed by atoms with van der Waals surface area (Å²) in [7, 11) is -9.32. The summed E-state index contributed by atoms with van der Waals surface area (Å²) < 4.78 is 82.0. The van der Waals surface area contributed by atoms with E-state index in [1.54, 1.807) is 4.57 Å². The lowest BCUT2D eigenvalue weighted by atomic mass is 10.1. The average Bonchev–Trinajstić information content (AvgIpc) is 3.72. The highest BCUT2D eigenvalue weighted by atomic mass is 32.2. The molecule has 3 fully saturated rings. The van der Waals surface area contributed by atoms with Crippen LogP contribution in [0.2, 0.25) is 0 Å². The monoisotopic (exact) mass is 641 g/mol. The molecule has 1 aliphatic carbocycles. The standard InChI is InChI=1S/C21H25FN11O8PS/c22-13-16-12(39-21(13)33-8-30-15-18(24)26-6-28-20(15)33)3-31-43(36,37)41-11-2-10(1-9(11)4-38-42(34,35)40-16)32-7-29-14-17(23)25-5-27-19(14)32/h5-13,16,21,31H,1-4H2,(H,34,35)(H2,23,25,27)(H2,24,26,28)/t9-,10-,11+,12-,13-,16-,21-/m1/s1. The molecule has 1 saturated carbocycles. The van der Waals surface area contributed by atoms with Crippen LogP contribution in [0.3, 0.4) is 0 Å². The van der Waals surface area contributed by atoms with Crippen LogP contribution in [0.4, 0.5) is 16.0 Å². The van der Waals surface area contributed by atoms with Gasteiger partial charge in [0.05, 0.1) is 25.4 Å². The molecular weight excluding hydrogens is 616 g/mol. The molecule has 22 heteroatoms. The molecule has 1 unspecified atom stereocenters. The second-order valence-corrected chi connectivity index (χ2v) is 13.1. The van der Waals surface area contributed by atoms with E-state index in [0.717, 1.165) is 6.33 Å². The molecule has 2 saturated heterocycles. The Morgan fingerprint density at radius 2 is 1.63 bits per heavy atom. The van der Waals surface area contributed by atoms with Crippen LogP contribution in [0.15, 0.2) is 25.3 Å². The Morgan fingerprint density at radius 1 is 0.977 bits per heavy atom. The second kappa shape index (κ2) is 10.3. The van der Waals surface area contributed by atoms with Gasteiger partial charge in [-0.3, -0.25) is 17.8 Å². The molecule has 19 nitrogen and oxygen atoms in total. The zero-order valence-corrected chi connectivity index (χ0v) is 23.7. The Kier molecular flexibility index (Phi) is 6.81. The second-order valence-electron chi connectivity index (χ2n) is 10.3. The third-order valence-electron chi connectivity index (χ3n) is 7.73. The van der Waals surface area contributed by atoms with Crippen molar-refractivity contribution in [1.29, 1.82) is 0 Å². The van der Waals surface area contributed by atoms with Gasteiger partial charge < -0.3 is 25.7 Å². The number of nitrogens with zero attached hydrogens (tertiary/aromatic N) is 8. The van der Waals surface area contributed by atoms with Crippen LogP contribution in [0.25, 0.3) is 22.3 Å². The number of rotatable bonds is 2. The maximum atomic E-state index is 15.9. The number of hydrogen-bond acceptors (Lipinski definition) is 15. The Bertz CT molecular complexity index is 1860. The molecule has 0 spiro atoms. The number of phosphoric acid groups is 1. The Balaban J connectivity index is 1.15. The van der Waals surface area contributed by atoms with E-state index in [4.69, 9.17) is 29.4 Å². The van der Waals surface area contributed by atoms with E-state index in [1.807, 2.05) is 0 Å². The topological polar surface area (TPSA) is 260 Å². The molecule has 8 atom stereocenters. The molecule has 230 valence electrons. The quantitative estimate of drug-likeness (QED) is 0.206. The fourth-order valence-corrected chi connectivity index (χ4v) is 7.73. The largest absolute Gasteiger partial charge is 0.472 e. The van der Waals surface area contributed by atoms with Gasteiger partial charge in [0, 0.05) is 18.5 Å². The van der Waals surface area contributed by atoms with Gasteiger partial charge in [-0.25, -0.2) is 38.9 Å². The minimum Gasteiger partial charge on any atom is -0.382 e. The molecule has 2 aliphatic heterocycles. The highest BCUT2D eigenvalue weighted by Gasteiger charge is 2.52. The molecule has 0 aromatic carbocycles. The average molecular weight is 642 g/mol.